The summed E-state index contributed by atoms with van der Waals surface area (Å²) in [6.45, 7) is 1.94. The Morgan fingerprint density at radius 3 is 2.40 bits per heavy atom. The third kappa shape index (κ3) is 3.82. The Hall–Kier alpha value is -2.36. The minimum atomic E-state index is -0.544. The zero-order chi connectivity index (χ0) is 14.4. The van der Waals surface area contributed by atoms with Gasteiger partial charge in [-0.25, -0.2) is 4.39 Å². The molecule has 104 valence electrons. The minimum Gasteiger partial charge on any atom is -0.490 e. The van der Waals surface area contributed by atoms with Gasteiger partial charge in [-0.05, 0) is 37.3 Å². The van der Waals surface area contributed by atoms with Crippen LogP contribution in [0.4, 0.5) is 4.39 Å². The van der Waals surface area contributed by atoms with Gasteiger partial charge in [-0.15, -0.1) is 0 Å². The molecule has 0 atom stereocenters. The molecule has 0 saturated carbocycles. The number of carbonyl (C=O) groups is 1. The van der Waals surface area contributed by atoms with Gasteiger partial charge in [0, 0.05) is 5.56 Å². The molecule has 0 spiro atoms. The Morgan fingerprint density at radius 2 is 1.75 bits per heavy atom. The van der Waals surface area contributed by atoms with E-state index in [9.17, 15) is 9.18 Å². The van der Waals surface area contributed by atoms with Crippen LogP contribution in [-0.4, -0.2) is 19.0 Å². The minimum absolute atomic E-state index is 0.117. The van der Waals surface area contributed by atoms with Crippen molar-refractivity contribution in [1.29, 1.82) is 0 Å². The van der Waals surface area contributed by atoms with Crippen molar-refractivity contribution in [3.63, 3.8) is 0 Å². The normalized spacial score (nSPS) is 10.1. The van der Waals surface area contributed by atoms with E-state index in [1.54, 1.807) is 6.07 Å². The molecule has 0 saturated heterocycles. The molecule has 0 aliphatic carbocycles. The van der Waals surface area contributed by atoms with Crippen LogP contribution in [0, 0.1) is 5.82 Å². The average Bonchev–Trinajstić information content (AvgIpc) is 2.46. The first-order chi connectivity index (χ1) is 9.66. The fourth-order valence-electron chi connectivity index (χ4n) is 1.66. The van der Waals surface area contributed by atoms with Crippen LogP contribution in [0.25, 0.3) is 0 Å². The van der Waals surface area contributed by atoms with Gasteiger partial charge in [0.25, 0.3) is 0 Å². The first-order valence-electron chi connectivity index (χ1n) is 6.28. The van der Waals surface area contributed by atoms with E-state index in [1.807, 2.05) is 30.3 Å². The predicted molar refractivity (Wildman–Crippen MR) is 73.8 cm³/mol. The molecule has 0 heterocycles. The summed E-state index contributed by atoms with van der Waals surface area (Å²) >= 11 is 0. The molecular formula is C16H15FO3. The van der Waals surface area contributed by atoms with E-state index in [-0.39, 0.29) is 18.1 Å². The van der Waals surface area contributed by atoms with E-state index in [0.29, 0.717) is 12.2 Å². The van der Waals surface area contributed by atoms with Crippen LogP contribution in [0.2, 0.25) is 0 Å². The summed E-state index contributed by atoms with van der Waals surface area (Å²) in [7, 11) is 0. The van der Waals surface area contributed by atoms with Crippen LogP contribution in [-0.2, 0) is 0 Å². The van der Waals surface area contributed by atoms with Crippen molar-refractivity contribution in [2.24, 2.45) is 0 Å². The number of hydrogen-bond donors (Lipinski definition) is 0. The number of para-hydroxylation sites is 1. The first kappa shape index (κ1) is 14.1. The van der Waals surface area contributed by atoms with Gasteiger partial charge in [-0.1, -0.05) is 18.2 Å². The Labute approximate surface area is 117 Å². The van der Waals surface area contributed by atoms with Gasteiger partial charge in [-0.3, -0.25) is 4.79 Å². The van der Waals surface area contributed by atoms with Gasteiger partial charge in [0.05, 0.1) is 0 Å². The molecule has 0 radical (unpaired) electrons. The smallest absolute Gasteiger partial charge is 0.165 e. The summed E-state index contributed by atoms with van der Waals surface area (Å²) in [4.78, 5) is 11.1. The summed E-state index contributed by atoms with van der Waals surface area (Å²) in [6, 6.07) is 13.5. The maximum absolute atomic E-state index is 13.6. The highest BCUT2D eigenvalue weighted by molar-refractivity contribution is 5.94. The molecule has 0 N–H and O–H groups in total. The van der Waals surface area contributed by atoms with Crippen molar-refractivity contribution in [3.8, 4) is 11.5 Å². The Morgan fingerprint density at radius 1 is 1.05 bits per heavy atom. The lowest BCUT2D eigenvalue weighted by Crippen LogP contribution is -2.10. The van der Waals surface area contributed by atoms with Crippen molar-refractivity contribution >= 4 is 5.78 Å². The topological polar surface area (TPSA) is 35.5 Å². The highest BCUT2D eigenvalue weighted by atomic mass is 19.1. The van der Waals surface area contributed by atoms with E-state index < -0.39 is 5.82 Å². The van der Waals surface area contributed by atoms with Crippen molar-refractivity contribution in [2.45, 2.75) is 6.92 Å². The predicted octanol–water partition coefficient (Wildman–Crippen LogP) is 3.49. The molecule has 2 aromatic rings. The average molecular weight is 274 g/mol. The van der Waals surface area contributed by atoms with Crippen LogP contribution in [0.1, 0.15) is 17.3 Å². The second kappa shape index (κ2) is 6.70. The summed E-state index contributed by atoms with van der Waals surface area (Å²) in [5.41, 5.74) is 0.329. The van der Waals surface area contributed by atoms with Gasteiger partial charge in [0.2, 0.25) is 0 Å². The number of halogens is 1. The SMILES string of the molecule is CC(=O)c1ccc(OCCOc2ccccc2)c(F)c1. The van der Waals surface area contributed by atoms with Gasteiger partial charge in [0.1, 0.15) is 19.0 Å². The molecule has 2 aromatic carbocycles. The van der Waals surface area contributed by atoms with Crippen molar-refractivity contribution in [3.05, 3.63) is 59.9 Å². The highest BCUT2D eigenvalue weighted by Gasteiger charge is 2.07. The zero-order valence-corrected chi connectivity index (χ0v) is 11.1. The van der Waals surface area contributed by atoms with Crippen LogP contribution in [0.5, 0.6) is 11.5 Å². The molecular weight excluding hydrogens is 259 g/mol. The largest absolute Gasteiger partial charge is 0.490 e. The molecule has 4 heteroatoms. The van der Waals surface area contributed by atoms with Gasteiger partial charge in [-0.2, -0.15) is 0 Å². The third-order valence-electron chi connectivity index (χ3n) is 2.69. The standard InChI is InChI=1S/C16H15FO3/c1-12(18)13-7-8-16(15(17)11-13)20-10-9-19-14-5-3-2-4-6-14/h2-8,11H,9-10H2,1H3. The van der Waals surface area contributed by atoms with E-state index >= 15 is 0 Å². The lowest BCUT2D eigenvalue weighted by molar-refractivity contribution is 0.101. The number of ether oxygens (including phenoxy) is 2. The lowest BCUT2D eigenvalue weighted by atomic mass is 10.1. The first-order valence-corrected chi connectivity index (χ1v) is 6.28. The summed E-state index contributed by atoms with van der Waals surface area (Å²) in [6.07, 6.45) is 0. The number of carbonyl (C=O) groups excluding carboxylic acids is 1. The van der Waals surface area contributed by atoms with Gasteiger partial charge >= 0.3 is 0 Å². The fraction of sp³-hybridized carbons (Fsp3) is 0.188. The molecule has 2 rings (SSSR count). The lowest BCUT2D eigenvalue weighted by Gasteiger charge is -2.09. The van der Waals surface area contributed by atoms with E-state index in [4.69, 9.17) is 9.47 Å². The second-order valence-corrected chi connectivity index (χ2v) is 4.21. The van der Waals surface area contributed by atoms with Crippen molar-refractivity contribution in [2.75, 3.05) is 13.2 Å². The fourth-order valence-corrected chi connectivity index (χ4v) is 1.66. The molecule has 0 bridgehead atoms. The summed E-state index contributed by atoms with van der Waals surface area (Å²) in [5, 5.41) is 0. The van der Waals surface area contributed by atoms with E-state index in [0.717, 1.165) is 5.75 Å². The van der Waals surface area contributed by atoms with E-state index in [1.165, 1.54) is 19.1 Å². The maximum atomic E-state index is 13.6. The highest BCUT2D eigenvalue weighted by Crippen LogP contribution is 2.18. The Kier molecular flexibility index (Phi) is 4.71. The number of Topliss-reactive ketones (excluding diaryl/α,β-unsaturated/α-hetero) is 1. The molecule has 0 aliphatic heterocycles. The zero-order valence-electron chi connectivity index (χ0n) is 11.1. The summed E-state index contributed by atoms with van der Waals surface area (Å²) in [5.74, 6) is 0.135. The number of ketones is 1. The van der Waals surface area contributed by atoms with Crippen LogP contribution >= 0.6 is 0 Å². The van der Waals surface area contributed by atoms with Crippen molar-refractivity contribution < 1.29 is 18.7 Å². The second-order valence-electron chi connectivity index (χ2n) is 4.21. The summed E-state index contributed by atoms with van der Waals surface area (Å²) < 4.78 is 24.4. The molecule has 0 aromatic heterocycles. The van der Waals surface area contributed by atoms with E-state index in [2.05, 4.69) is 0 Å². The van der Waals surface area contributed by atoms with Gasteiger partial charge in [0.15, 0.2) is 17.3 Å². The number of rotatable bonds is 6. The molecule has 20 heavy (non-hydrogen) atoms. The van der Waals surface area contributed by atoms with Crippen LogP contribution < -0.4 is 9.47 Å². The number of hydrogen-bond acceptors (Lipinski definition) is 3. The van der Waals surface area contributed by atoms with Crippen molar-refractivity contribution in [1.82, 2.24) is 0 Å². The molecule has 0 fully saturated rings. The monoisotopic (exact) mass is 274 g/mol. The molecule has 0 unspecified atom stereocenters. The molecule has 3 nitrogen and oxygen atoms in total. The third-order valence-corrected chi connectivity index (χ3v) is 2.69. The van der Waals surface area contributed by atoms with Crippen LogP contribution in [0.3, 0.4) is 0 Å². The number of benzene rings is 2. The van der Waals surface area contributed by atoms with Crippen LogP contribution in [0.15, 0.2) is 48.5 Å². The maximum Gasteiger partial charge on any atom is 0.165 e. The van der Waals surface area contributed by atoms with Gasteiger partial charge < -0.3 is 9.47 Å². The quantitative estimate of drug-likeness (QED) is 0.597. The Bertz CT molecular complexity index is 582. The molecule has 0 amide bonds. The molecule has 0 aliphatic rings. The Balaban J connectivity index is 1.84.